The van der Waals surface area contributed by atoms with Crippen molar-refractivity contribution in [2.45, 2.75) is 39.8 Å². The Labute approximate surface area is 201 Å². The monoisotopic (exact) mass is 480 g/mol. The summed E-state index contributed by atoms with van der Waals surface area (Å²) < 4.78 is 42.9. The second kappa shape index (κ2) is 9.65. The van der Waals surface area contributed by atoms with Crippen LogP contribution in [-0.2, 0) is 13.1 Å². The van der Waals surface area contributed by atoms with E-state index in [-0.39, 0.29) is 12.4 Å². The lowest BCUT2D eigenvalue weighted by atomic mass is 9.98. The van der Waals surface area contributed by atoms with Gasteiger partial charge in [0.05, 0.1) is 6.20 Å². The van der Waals surface area contributed by atoms with Gasteiger partial charge >= 0.3 is 0 Å². The lowest BCUT2D eigenvalue weighted by Gasteiger charge is -2.24. The summed E-state index contributed by atoms with van der Waals surface area (Å²) in [5.41, 5.74) is 4.41. The van der Waals surface area contributed by atoms with Crippen molar-refractivity contribution >= 4 is 17.1 Å². The van der Waals surface area contributed by atoms with Gasteiger partial charge in [0.25, 0.3) is 0 Å². The van der Waals surface area contributed by atoms with Crippen LogP contribution in [0.1, 0.15) is 29.5 Å². The topological polar surface area (TPSA) is 67.7 Å². The molecule has 5 rings (SSSR count). The Morgan fingerprint density at radius 1 is 1.06 bits per heavy atom. The zero-order valence-corrected chi connectivity index (χ0v) is 19.7. The third kappa shape index (κ3) is 4.86. The summed E-state index contributed by atoms with van der Waals surface area (Å²) >= 11 is 0. The number of fused-ring (bicyclic) bond motifs is 1. The first-order valence-electron chi connectivity index (χ1n) is 11.8. The zero-order chi connectivity index (χ0) is 24.5. The molecule has 2 aromatic carbocycles. The summed E-state index contributed by atoms with van der Waals surface area (Å²) in [5.74, 6) is -0.529. The number of hydrogen-bond acceptors (Lipinski definition) is 5. The van der Waals surface area contributed by atoms with E-state index in [4.69, 9.17) is 9.97 Å². The normalized spacial score (nSPS) is 16.1. The Balaban J connectivity index is 1.54. The Kier molecular flexibility index (Phi) is 6.42. The molecule has 1 aliphatic heterocycles. The van der Waals surface area contributed by atoms with Gasteiger partial charge in [-0.2, -0.15) is 4.98 Å². The third-order valence-corrected chi connectivity index (χ3v) is 6.48. The quantitative estimate of drug-likeness (QED) is 0.400. The largest absolute Gasteiger partial charge is 0.350 e. The van der Waals surface area contributed by atoms with Gasteiger partial charge in [0.2, 0.25) is 5.95 Å². The fourth-order valence-corrected chi connectivity index (χ4v) is 4.80. The molecule has 4 aromatic rings. The van der Waals surface area contributed by atoms with E-state index < -0.39 is 11.6 Å². The molecule has 1 aliphatic rings. The van der Waals surface area contributed by atoms with Gasteiger partial charge in [0.1, 0.15) is 17.2 Å². The number of piperidine rings is 1. The number of aromatic nitrogens is 4. The van der Waals surface area contributed by atoms with Crippen LogP contribution in [0.2, 0.25) is 0 Å². The minimum Gasteiger partial charge on any atom is -0.350 e. The number of halogens is 3. The summed E-state index contributed by atoms with van der Waals surface area (Å²) in [6, 6.07) is 6.81. The van der Waals surface area contributed by atoms with E-state index >= 15 is 0 Å². The molecule has 1 atom stereocenters. The van der Waals surface area contributed by atoms with Crippen LogP contribution < -0.4 is 10.6 Å². The summed E-state index contributed by atoms with van der Waals surface area (Å²) in [6.45, 7) is 6.66. The molecule has 9 heteroatoms. The van der Waals surface area contributed by atoms with Crippen molar-refractivity contribution in [1.29, 1.82) is 0 Å². The SMILES string of the molecule is Cc1cc(F)cc(C)c1-c1nc2cnc(NCc3ccc(F)c(F)c3)nc2n1CC1CCCNC1. The molecule has 2 aromatic heterocycles. The standard InChI is InChI=1S/C26H27F3N6/c1-15-8-19(27)9-16(2)23(15)25-33-22-13-32-26(31-12-17-5-6-20(28)21(29)10-17)34-24(22)35(25)14-18-4-3-7-30-11-18/h5-6,8-10,13,18,30H,3-4,7,11-12,14H2,1-2H3,(H,31,32,34). The van der Waals surface area contributed by atoms with Crippen LogP contribution in [0.4, 0.5) is 19.1 Å². The van der Waals surface area contributed by atoms with Crippen molar-refractivity contribution in [2.75, 3.05) is 18.4 Å². The fraction of sp³-hybridized carbons (Fsp3) is 0.346. The van der Waals surface area contributed by atoms with Crippen LogP contribution in [0.5, 0.6) is 0 Å². The Bertz CT molecular complexity index is 1350. The molecule has 0 amide bonds. The van der Waals surface area contributed by atoms with Crippen LogP contribution in [-0.4, -0.2) is 32.6 Å². The van der Waals surface area contributed by atoms with Crippen molar-refractivity contribution in [1.82, 2.24) is 24.8 Å². The molecule has 3 heterocycles. The summed E-state index contributed by atoms with van der Waals surface area (Å²) in [5, 5.41) is 6.55. The maximum absolute atomic E-state index is 14.0. The van der Waals surface area contributed by atoms with Gasteiger partial charge in [-0.3, -0.25) is 0 Å². The number of nitrogens with zero attached hydrogens (tertiary/aromatic N) is 4. The number of hydrogen-bond donors (Lipinski definition) is 2. The first-order chi connectivity index (χ1) is 16.9. The van der Waals surface area contributed by atoms with Crippen molar-refractivity contribution in [3.8, 4) is 11.4 Å². The summed E-state index contributed by atoms with van der Waals surface area (Å²) in [6.07, 6.45) is 3.86. The van der Waals surface area contributed by atoms with Gasteiger partial charge in [-0.25, -0.2) is 23.1 Å². The van der Waals surface area contributed by atoms with E-state index in [9.17, 15) is 13.2 Å². The van der Waals surface area contributed by atoms with E-state index in [1.165, 1.54) is 18.2 Å². The molecule has 0 spiro atoms. The van der Waals surface area contributed by atoms with Crippen LogP contribution in [0, 0.1) is 37.2 Å². The molecule has 0 aliphatic carbocycles. The Morgan fingerprint density at radius 2 is 1.86 bits per heavy atom. The average Bonchev–Trinajstić information content (AvgIpc) is 3.17. The molecular weight excluding hydrogens is 453 g/mol. The van der Waals surface area contributed by atoms with Gasteiger partial charge in [0.15, 0.2) is 17.3 Å². The molecule has 0 radical (unpaired) electrons. The molecule has 0 saturated carbocycles. The molecule has 1 saturated heterocycles. The van der Waals surface area contributed by atoms with Crippen LogP contribution in [0.25, 0.3) is 22.6 Å². The number of aryl methyl sites for hydroxylation is 2. The fourth-order valence-electron chi connectivity index (χ4n) is 4.80. The Hall–Kier alpha value is -3.46. The number of imidazole rings is 1. The van der Waals surface area contributed by atoms with Crippen molar-refractivity contribution < 1.29 is 13.2 Å². The smallest absolute Gasteiger partial charge is 0.225 e. The van der Waals surface area contributed by atoms with E-state index in [1.807, 2.05) is 13.8 Å². The van der Waals surface area contributed by atoms with Crippen molar-refractivity contribution in [2.24, 2.45) is 5.92 Å². The first-order valence-corrected chi connectivity index (χ1v) is 11.8. The van der Waals surface area contributed by atoms with E-state index in [2.05, 4.69) is 20.2 Å². The number of nitrogens with one attached hydrogen (secondary N) is 2. The van der Waals surface area contributed by atoms with E-state index in [0.29, 0.717) is 35.1 Å². The second-order valence-electron chi connectivity index (χ2n) is 9.18. The molecule has 0 bridgehead atoms. The molecule has 2 N–H and O–H groups in total. The predicted molar refractivity (Wildman–Crippen MR) is 129 cm³/mol. The summed E-state index contributed by atoms with van der Waals surface area (Å²) in [4.78, 5) is 14.0. The molecule has 182 valence electrons. The number of benzene rings is 2. The van der Waals surface area contributed by atoms with E-state index in [0.717, 1.165) is 60.6 Å². The second-order valence-corrected chi connectivity index (χ2v) is 9.18. The molecule has 35 heavy (non-hydrogen) atoms. The number of rotatable bonds is 6. The van der Waals surface area contributed by atoms with Crippen LogP contribution in [0.15, 0.2) is 36.5 Å². The van der Waals surface area contributed by atoms with Gasteiger partial charge in [-0.15, -0.1) is 0 Å². The van der Waals surface area contributed by atoms with Crippen molar-refractivity contribution in [3.05, 3.63) is 70.7 Å². The third-order valence-electron chi connectivity index (χ3n) is 6.48. The molecule has 1 fully saturated rings. The maximum Gasteiger partial charge on any atom is 0.225 e. The van der Waals surface area contributed by atoms with Crippen LogP contribution in [0.3, 0.4) is 0 Å². The maximum atomic E-state index is 14.0. The van der Waals surface area contributed by atoms with Crippen LogP contribution >= 0.6 is 0 Å². The molecular formula is C26H27F3N6. The molecule has 1 unspecified atom stereocenters. The highest BCUT2D eigenvalue weighted by atomic mass is 19.2. The van der Waals surface area contributed by atoms with E-state index in [1.54, 1.807) is 6.20 Å². The first kappa shape index (κ1) is 23.3. The van der Waals surface area contributed by atoms with Gasteiger partial charge in [-0.05, 0) is 86.7 Å². The van der Waals surface area contributed by atoms with Gasteiger partial charge in [-0.1, -0.05) is 6.07 Å². The van der Waals surface area contributed by atoms with Gasteiger partial charge < -0.3 is 15.2 Å². The lowest BCUT2D eigenvalue weighted by Crippen LogP contribution is -2.32. The minimum atomic E-state index is -0.894. The average molecular weight is 481 g/mol. The number of anilines is 1. The highest BCUT2D eigenvalue weighted by Crippen LogP contribution is 2.31. The molecule has 6 nitrogen and oxygen atoms in total. The lowest BCUT2D eigenvalue weighted by molar-refractivity contribution is 0.341. The Morgan fingerprint density at radius 3 is 2.57 bits per heavy atom. The predicted octanol–water partition coefficient (Wildman–Crippen LogP) is 5.14. The summed E-state index contributed by atoms with van der Waals surface area (Å²) in [7, 11) is 0. The highest BCUT2D eigenvalue weighted by molar-refractivity contribution is 5.79. The van der Waals surface area contributed by atoms with Crippen molar-refractivity contribution in [3.63, 3.8) is 0 Å². The van der Waals surface area contributed by atoms with Gasteiger partial charge in [0, 0.05) is 18.7 Å². The zero-order valence-electron chi connectivity index (χ0n) is 19.7. The highest BCUT2D eigenvalue weighted by Gasteiger charge is 2.22. The minimum absolute atomic E-state index is 0.242.